The molecule has 0 atom stereocenters. The van der Waals surface area contributed by atoms with Crippen molar-refractivity contribution in [2.24, 2.45) is 0 Å². The minimum absolute atomic E-state index is 0.0379. The molecule has 2 rings (SSSR count). The third kappa shape index (κ3) is 4.87. The van der Waals surface area contributed by atoms with Crippen LogP contribution in [0.5, 0.6) is 0 Å². The summed E-state index contributed by atoms with van der Waals surface area (Å²) >= 11 is 1.65. The molecule has 5 heteroatoms. The van der Waals surface area contributed by atoms with Gasteiger partial charge in [-0.2, -0.15) is 0 Å². The second-order valence-corrected chi connectivity index (χ2v) is 6.84. The Balaban J connectivity index is 1.62. The number of rotatable bonds is 6. The highest BCUT2D eigenvalue weighted by molar-refractivity contribution is 7.09. The van der Waals surface area contributed by atoms with Crippen molar-refractivity contribution in [1.29, 1.82) is 0 Å². The van der Waals surface area contributed by atoms with Crippen molar-refractivity contribution in [1.82, 2.24) is 10.3 Å². The maximum Gasteiger partial charge on any atom is 0.220 e. The molecule has 0 aromatic carbocycles. The van der Waals surface area contributed by atoms with Crippen LogP contribution in [0.1, 0.15) is 55.6 Å². The summed E-state index contributed by atoms with van der Waals surface area (Å²) in [4.78, 5) is 16.2. The van der Waals surface area contributed by atoms with Crippen LogP contribution in [-0.4, -0.2) is 28.1 Å². The van der Waals surface area contributed by atoms with Crippen molar-refractivity contribution < 1.29 is 9.90 Å². The Hall–Kier alpha value is -0.940. The lowest BCUT2D eigenvalue weighted by Gasteiger charge is -2.32. The van der Waals surface area contributed by atoms with Crippen LogP contribution >= 0.6 is 11.3 Å². The highest BCUT2D eigenvalue weighted by Gasteiger charge is 2.29. The predicted octanol–water partition coefficient (Wildman–Crippen LogP) is 2.59. The van der Waals surface area contributed by atoms with Crippen molar-refractivity contribution in [3.05, 3.63) is 16.1 Å². The minimum atomic E-state index is -0.667. The van der Waals surface area contributed by atoms with E-state index in [4.69, 9.17) is 0 Å². The second-order valence-electron chi connectivity index (χ2n) is 5.77. The Morgan fingerprint density at radius 1 is 1.45 bits per heavy atom. The Bertz CT molecular complexity index is 439. The molecule has 1 amide bonds. The lowest BCUT2D eigenvalue weighted by molar-refractivity contribution is -0.122. The first-order valence-electron chi connectivity index (χ1n) is 7.47. The SMILES string of the molecule is Cc1nc(CCCC(=O)NCC2(O)CCCCC2)cs1. The maximum absolute atomic E-state index is 11.8. The summed E-state index contributed by atoms with van der Waals surface area (Å²) in [7, 11) is 0. The van der Waals surface area contributed by atoms with Gasteiger partial charge in [-0.1, -0.05) is 19.3 Å². The van der Waals surface area contributed by atoms with Gasteiger partial charge < -0.3 is 10.4 Å². The summed E-state index contributed by atoms with van der Waals surface area (Å²) in [5.74, 6) is 0.0379. The predicted molar refractivity (Wildman–Crippen MR) is 80.8 cm³/mol. The fourth-order valence-electron chi connectivity index (χ4n) is 2.69. The average Bonchev–Trinajstić information content (AvgIpc) is 2.83. The van der Waals surface area contributed by atoms with Gasteiger partial charge in [0.25, 0.3) is 0 Å². The van der Waals surface area contributed by atoms with Gasteiger partial charge in [-0.25, -0.2) is 4.98 Å². The molecular weight excluding hydrogens is 272 g/mol. The van der Waals surface area contributed by atoms with Crippen molar-refractivity contribution in [2.75, 3.05) is 6.54 Å². The van der Waals surface area contributed by atoms with Gasteiger partial charge in [0.1, 0.15) is 0 Å². The third-order valence-electron chi connectivity index (χ3n) is 3.90. The molecule has 112 valence electrons. The minimum Gasteiger partial charge on any atom is -0.388 e. The van der Waals surface area contributed by atoms with E-state index in [1.54, 1.807) is 11.3 Å². The normalized spacial score (nSPS) is 17.9. The maximum atomic E-state index is 11.8. The number of hydrogen-bond donors (Lipinski definition) is 2. The van der Waals surface area contributed by atoms with Gasteiger partial charge in [-0.15, -0.1) is 11.3 Å². The lowest BCUT2D eigenvalue weighted by Crippen LogP contribution is -2.44. The number of carbonyl (C=O) groups excluding carboxylic acids is 1. The molecule has 0 bridgehead atoms. The first-order valence-corrected chi connectivity index (χ1v) is 8.35. The molecule has 4 nitrogen and oxygen atoms in total. The van der Waals surface area contributed by atoms with Crippen molar-refractivity contribution in [3.63, 3.8) is 0 Å². The molecule has 0 radical (unpaired) electrons. The van der Waals surface area contributed by atoms with Crippen molar-refractivity contribution >= 4 is 17.2 Å². The molecule has 1 aliphatic rings. The van der Waals surface area contributed by atoms with E-state index in [-0.39, 0.29) is 5.91 Å². The van der Waals surface area contributed by atoms with Gasteiger partial charge in [0, 0.05) is 18.3 Å². The highest BCUT2D eigenvalue weighted by Crippen LogP contribution is 2.27. The van der Waals surface area contributed by atoms with Crippen molar-refractivity contribution in [2.45, 2.75) is 63.9 Å². The molecule has 1 heterocycles. The molecular formula is C15H24N2O2S. The summed E-state index contributed by atoms with van der Waals surface area (Å²) in [6, 6.07) is 0. The summed E-state index contributed by atoms with van der Waals surface area (Å²) in [6.45, 7) is 2.40. The fraction of sp³-hybridized carbons (Fsp3) is 0.733. The monoisotopic (exact) mass is 296 g/mol. The molecule has 2 N–H and O–H groups in total. The van der Waals surface area contributed by atoms with E-state index in [2.05, 4.69) is 15.7 Å². The molecule has 1 aromatic rings. The first-order chi connectivity index (χ1) is 9.57. The van der Waals surface area contributed by atoms with E-state index < -0.39 is 5.60 Å². The molecule has 0 saturated heterocycles. The van der Waals surface area contributed by atoms with Crippen LogP contribution in [-0.2, 0) is 11.2 Å². The number of aryl methyl sites for hydroxylation is 2. The largest absolute Gasteiger partial charge is 0.388 e. The summed E-state index contributed by atoms with van der Waals surface area (Å²) in [5.41, 5.74) is 0.408. The van der Waals surface area contributed by atoms with Gasteiger partial charge in [0.15, 0.2) is 0 Å². The molecule has 0 aliphatic heterocycles. The van der Waals surface area contributed by atoms with Crippen LogP contribution in [0.2, 0.25) is 0 Å². The Labute approximate surface area is 124 Å². The number of nitrogens with zero attached hydrogens (tertiary/aromatic N) is 1. The van der Waals surface area contributed by atoms with Crippen LogP contribution in [0, 0.1) is 6.92 Å². The van der Waals surface area contributed by atoms with E-state index in [0.717, 1.165) is 49.2 Å². The van der Waals surface area contributed by atoms with Gasteiger partial charge in [-0.05, 0) is 32.6 Å². The summed E-state index contributed by atoms with van der Waals surface area (Å²) < 4.78 is 0. The average molecular weight is 296 g/mol. The molecule has 0 spiro atoms. The number of nitrogens with one attached hydrogen (secondary N) is 1. The van der Waals surface area contributed by atoms with Gasteiger partial charge in [0.2, 0.25) is 5.91 Å². The standard InChI is InChI=1S/C15H24N2O2S/c1-12-17-13(10-20-12)6-5-7-14(18)16-11-15(19)8-3-2-4-9-15/h10,19H,2-9,11H2,1H3,(H,16,18). The van der Waals surface area contributed by atoms with Crippen LogP contribution in [0.4, 0.5) is 0 Å². The Kier molecular flexibility index (Phi) is 5.54. The van der Waals surface area contributed by atoms with Crippen LogP contribution in [0.3, 0.4) is 0 Å². The number of carbonyl (C=O) groups is 1. The quantitative estimate of drug-likeness (QED) is 0.848. The lowest BCUT2D eigenvalue weighted by atomic mass is 9.85. The fourth-order valence-corrected chi connectivity index (χ4v) is 3.34. The zero-order valence-corrected chi connectivity index (χ0v) is 13.0. The highest BCUT2D eigenvalue weighted by atomic mass is 32.1. The van der Waals surface area contributed by atoms with E-state index in [1.807, 2.05) is 6.92 Å². The first kappa shape index (κ1) is 15.4. The van der Waals surface area contributed by atoms with Crippen LogP contribution < -0.4 is 5.32 Å². The smallest absolute Gasteiger partial charge is 0.220 e. The number of thiazole rings is 1. The van der Waals surface area contributed by atoms with Crippen molar-refractivity contribution in [3.8, 4) is 0 Å². The molecule has 1 fully saturated rings. The van der Waals surface area contributed by atoms with Gasteiger partial charge in [0.05, 0.1) is 16.3 Å². The Morgan fingerprint density at radius 2 is 2.20 bits per heavy atom. The number of aliphatic hydroxyl groups is 1. The zero-order chi connectivity index (χ0) is 14.4. The number of aromatic nitrogens is 1. The second kappa shape index (κ2) is 7.18. The Morgan fingerprint density at radius 3 is 2.85 bits per heavy atom. The van der Waals surface area contributed by atoms with Gasteiger partial charge in [-0.3, -0.25) is 4.79 Å². The molecule has 0 unspecified atom stereocenters. The molecule has 1 aliphatic carbocycles. The molecule has 1 aromatic heterocycles. The number of hydrogen-bond acceptors (Lipinski definition) is 4. The van der Waals surface area contributed by atoms with E-state index in [9.17, 15) is 9.90 Å². The topological polar surface area (TPSA) is 62.2 Å². The zero-order valence-electron chi connectivity index (χ0n) is 12.2. The van der Waals surface area contributed by atoms with Crippen LogP contribution in [0.15, 0.2) is 5.38 Å². The molecule has 20 heavy (non-hydrogen) atoms. The number of amides is 1. The van der Waals surface area contributed by atoms with Crippen LogP contribution in [0.25, 0.3) is 0 Å². The summed E-state index contributed by atoms with van der Waals surface area (Å²) in [6.07, 6.45) is 7.12. The van der Waals surface area contributed by atoms with E-state index in [1.165, 1.54) is 6.42 Å². The third-order valence-corrected chi connectivity index (χ3v) is 4.72. The summed E-state index contributed by atoms with van der Waals surface area (Å²) in [5, 5.41) is 16.3. The molecule has 1 saturated carbocycles. The van der Waals surface area contributed by atoms with E-state index >= 15 is 0 Å². The van der Waals surface area contributed by atoms with Gasteiger partial charge >= 0.3 is 0 Å². The van der Waals surface area contributed by atoms with E-state index in [0.29, 0.717) is 13.0 Å².